The van der Waals surface area contributed by atoms with Crippen molar-refractivity contribution in [1.82, 2.24) is 10.3 Å². The van der Waals surface area contributed by atoms with E-state index in [2.05, 4.69) is 28.7 Å². The topological polar surface area (TPSA) is 24.9 Å². The molecule has 2 nitrogen and oxygen atoms in total. The molecule has 0 unspecified atom stereocenters. The Balaban J connectivity index is 2.40. The molecule has 0 atom stereocenters. The van der Waals surface area contributed by atoms with E-state index in [1.165, 1.54) is 10.6 Å². The van der Waals surface area contributed by atoms with Crippen LogP contribution < -0.4 is 5.32 Å². The predicted octanol–water partition coefficient (Wildman–Crippen LogP) is 2.55. The summed E-state index contributed by atoms with van der Waals surface area (Å²) in [4.78, 5) is 4.44. The standard InChI is InChI=1S/C11H18N2S/c1-9(5-4-6-12-3)7-11-13-10(2)8-14-11/h5,8,12H,4,6-7H2,1-3H3. The molecule has 0 saturated heterocycles. The van der Waals surface area contributed by atoms with Gasteiger partial charge in [0.1, 0.15) is 0 Å². The molecule has 0 spiro atoms. The van der Waals surface area contributed by atoms with Crippen molar-refractivity contribution in [2.75, 3.05) is 13.6 Å². The summed E-state index contributed by atoms with van der Waals surface area (Å²) in [7, 11) is 1.98. The van der Waals surface area contributed by atoms with Crippen molar-refractivity contribution in [2.45, 2.75) is 26.7 Å². The molecule has 1 rings (SSSR count). The van der Waals surface area contributed by atoms with Crippen molar-refractivity contribution in [3.8, 4) is 0 Å². The third-order valence-corrected chi connectivity index (χ3v) is 2.95. The molecule has 1 aromatic rings. The lowest BCUT2D eigenvalue weighted by Crippen LogP contribution is -2.06. The second-order valence-corrected chi connectivity index (χ2v) is 4.44. The van der Waals surface area contributed by atoms with Gasteiger partial charge in [-0.15, -0.1) is 11.3 Å². The molecule has 0 saturated carbocycles. The summed E-state index contributed by atoms with van der Waals surface area (Å²) >= 11 is 1.75. The molecule has 0 aliphatic carbocycles. The van der Waals surface area contributed by atoms with Crippen molar-refractivity contribution in [3.05, 3.63) is 27.7 Å². The molecule has 1 N–H and O–H groups in total. The Kier molecular flexibility index (Phi) is 4.84. The van der Waals surface area contributed by atoms with Crippen molar-refractivity contribution in [3.63, 3.8) is 0 Å². The van der Waals surface area contributed by atoms with E-state index in [-0.39, 0.29) is 0 Å². The normalized spacial score (nSPS) is 12.1. The van der Waals surface area contributed by atoms with Crippen LogP contribution in [0.1, 0.15) is 24.0 Å². The number of allylic oxidation sites excluding steroid dienone is 1. The third-order valence-electron chi connectivity index (χ3n) is 1.98. The van der Waals surface area contributed by atoms with Crippen molar-refractivity contribution in [1.29, 1.82) is 0 Å². The number of rotatable bonds is 5. The highest BCUT2D eigenvalue weighted by Gasteiger charge is 1.98. The van der Waals surface area contributed by atoms with Gasteiger partial charge in [-0.2, -0.15) is 0 Å². The second-order valence-electron chi connectivity index (χ2n) is 3.50. The summed E-state index contributed by atoms with van der Waals surface area (Å²) in [6.07, 6.45) is 4.39. The molecule has 1 aromatic heterocycles. The maximum absolute atomic E-state index is 4.44. The fourth-order valence-corrected chi connectivity index (χ4v) is 2.12. The van der Waals surface area contributed by atoms with Gasteiger partial charge in [-0.05, 0) is 33.9 Å². The summed E-state index contributed by atoms with van der Waals surface area (Å²) in [5, 5.41) is 6.46. The monoisotopic (exact) mass is 210 g/mol. The SMILES string of the molecule is CNCCC=C(C)Cc1nc(C)cs1. The first kappa shape index (κ1) is 11.4. The van der Waals surface area contributed by atoms with Gasteiger partial charge in [0.25, 0.3) is 0 Å². The molecule has 78 valence electrons. The van der Waals surface area contributed by atoms with Gasteiger partial charge in [0.2, 0.25) is 0 Å². The number of aromatic nitrogens is 1. The van der Waals surface area contributed by atoms with Crippen LogP contribution in [0.5, 0.6) is 0 Å². The lowest BCUT2D eigenvalue weighted by Gasteiger charge is -1.98. The fourth-order valence-electron chi connectivity index (χ4n) is 1.26. The Hall–Kier alpha value is -0.670. The average Bonchev–Trinajstić information content (AvgIpc) is 2.52. The van der Waals surface area contributed by atoms with Gasteiger partial charge >= 0.3 is 0 Å². The lowest BCUT2D eigenvalue weighted by molar-refractivity contribution is 0.802. The first-order chi connectivity index (χ1) is 6.72. The average molecular weight is 210 g/mol. The van der Waals surface area contributed by atoms with Crippen LogP contribution in [0.3, 0.4) is 0 Å². The molecular formula is C11H18N2S. The van der Waals surface area contributed by atoms with Crippen molar-refractivity contribution >= 4 is 11.3 Å². The van der Waals surface area contributed by atoms with Crippen LogP contribution in [-0.2, 0) is 6.42 Å². The Labute approximate surface area is 90.1 Å². The molecule has 0 aliphatic rings. The summed E-state index contributed by atoms with van der Waals surface area (Å²) in [5.41, 5.74) is 2.54. The molecule has 0 aliphatic heterocycles. The minimum Gasteiger partial charge on any atom is -0.319 e. The Morgan fingerprint density at radius 2 is 2.43 bits per heavy atom. The highest BCUT2D eigenvalue weighted by Crippen LogP contribution is 2.13. The maximum atomic E-state index is 4.44. The van der Waals surface area contributed by atoms with Gasteiger partial charge in [0.05, 0.1) is 5.01 Å². The van der Waals surface area contributed by atoms with Gasteiger partial charge in [-0.25, -0.2) is 4.98 Å². The fraction of sp³-hybridized carbons (Fsp3) is 0.545. The molecular weight excluding hydrogens is 192 g/mol. The number of nitrogens with zero attached hydrogens (tertiary/aromatic N) is 1. The molecule has 0 amide bonds. The van der Waals surface area contributed by atoms with Crippen LogP contribution in [0, 0.1) is 6.92 Å². The van der Waals surface area contributed by atoms with Crippen LogP contribution in [0.25, 0.3) is 0 Å². The number of hydrogen-bond acceptors (Lipinski definition) is 3. The smallest absolute Gasteiger partial charge is 0.0968 e. The van der Waals surface area contributed by atoms with Crippen LogP contribution >= 0.6 is 11.3 Å². The molecule has 0 fully saturated rings. The van der Waals surface area contributed by atoms with E-state index in [1.54, 1.807) is 11.3 Å². The van der Waals surface area contributed by atoms with Gasteiger partial charge < -0.3 is 5.32 Å². The van der Waals surface area contributed by atoms with E-state index in [1.807, 2.05) is 14.0 Å². The minimum absolute atomic E-state index is 1.00. The third kappa shape index (κ3) is 4.03. The molecule has 0 bridgehead atoms. The molecule has 0 aromatic carbocycles. The zero-order valence-corrected chi connectivity index (χ0v) is 9.95. The highest BCUT2D eigenvalue weighted by atomic mass is 32.1. The summed E-state index contributed by atoms with van der Waals surface area (Å²) < 4.78 is 0. The van der Waals surface area contributed by atoms with Crippen LogP contribution in [-0.4, -0.2) is 18.6 Å². The molecule has 3 heteroatoms. The quantitative estimate of drug-likeness (QED) is 0.597. The van der Waals surface area contributed by atoms with Crippen molar-refractivity contribution < 1.29 is 0 Å². The van der Waals surface area contributed by atoms with E-state index >= 15 is 0 Å². The van der Waals surface area contributed by atoms with Gasteiger partial charge in [0, 0.05) is 17.5 Å². The van der Waals surface area contributed by atoms with E-state index < -0.39 is 0 Å². The van der Waals surface area contributed by atoms with E-state index in [0.717, 1.165) is 25.1 Å². The second kappa shape index (κ2) is 5.94. The molecule has 1 heterocycles. The Bertz CT molecular complexity index is 302. The van der Waals surface area contributed by atoms with Gasteiger partial charge in [-0.3, -0.25) is 0 Å². The Morgan fingerprint density at radius 1 is 1.64 bits per heavy atom. The maximum Gasteiger partial charge on any atom is 0.0968 e. The van der Waals surface area contributed by atoms with E-state index in [0.29, 0.717) is 0 Å². The zero-order valence-electron chi connectivity index (χ0n) is 9.13. The summed E-state index contributed by atoms with van der Waals surface area (Å²) in [6.45, 7) is 5.26. The zero-order chi connectivity index (χ0) is 10.4. The lowest BCUT2D eigenvalue weighted by atomic mass is 10.2. The first-order valence-electron chi connectivity index (χ1n) is 4.93. The van der Waals surface area contributed by atoms with Crippen LogP contribution in [0.2, 0.25) is 0 Å². The predicted molar refractivity (Wildman–Crippen MR) is 62.9 cm³/mol. The van der Waals surface area contributed by atoms with Crippen LogP contribution in [0.4, 0.5) is 0 Å². The largest absolute Gasteiger partial charge is 0.319 e. The number of aryl methyl sites for hydroxylation is 1. The van der Waals surface area contributed by atoms with Crippen molar-refractivity contribution in [2.24, 2.45) is 0 Å². The highest BCUT2D eigenvalue weighted by molar-refractivity contribution is 7.09. The first-order valence-corrected chi connectivity index (χ1v) is 5.81. The Morgan fingerprint density at radius 3 is 3.00 bits per heavy atom. The molecule has 0 radical (unpaired) electrons. The summed E-state index contributed by atoms with van der Waals surface area (Å²) in [5.74, 6) is 0. The van der Waals surface area contributed by atoms with E-state index in [4.69, 9.17) is 0 Å². The van der Waals surface area contributed by atoms with Gasteiger partial charge in [0.15, 0.2) is 0 Å². The number of hydrogen-bond donors (Lipinski definition) is 1. The number of nitrogens with one attached hydrogen (secondary N) is 1. The van der Waals surface area contributed by atoms with Crippen LogP contribution in [0.15, 0.2) is 17.0 Å². The number of thiazole rings is 1. The van der Waals surface area contributed by atoms with Gasteiger partial charge in [-0.1, -0.05) is 11.6 Å². The molecule has 14 heavy (non-hydrogen) atoms. The summed E-state index contributed by atoms with van der Waals surface area (Å²) in [6, 6.07) is 0. The van der Waals surface area contributed by atoms with E-state index in [9.17, 15) is 0 Å². The minimum atomic E-state index is 1.00.